The molecular formula is C20H21NO2. The molecule has 1 aliphatic heterocycles. The Bertz CT molecular complexity index is 753. The van der Waals surface area contributed by atoms with E-state index < -0.39 is 0 Å². The maximum absolute atomic E-state index is 9.85. The summed E-state index contributed by atoms with van der Waals surface area (Å²) in [5.41, 5.74) is 3.53. The third kappa shape index (κ3) is 2.37. The summed E-state index contributed by atoms with van der Waals surface area (Å²) in [5.74, 6) is 2.10. The first-order valence-corrected chi connectivity index (χ1v) is 8.25. The molecule has 0 saturated carbocycles. The normalized spacial score (nSPS) is 24.7. The number of allylic oxidation sites excluding steroid dienone is 2. The van der Waals surface area contributed by atoms with E-state index in [9.17, 15) is 5.11 Å². The Kier molecular flexibility index (Phi) is 3.49. The Labute approximate surface area is 136 Å². The van der Waals surface area contributed by atoms with Crippen LogP contribution in [0.2, 0.25) is 0 Å². The van der Waals surface area contributed by atoms with Crippen molar-refractivity contribution in [2.75, 3.05) is 11.9 Å². The molecule has 3 atom stereocenters. The van der Waals surface area contributed by atoms with Gasteiger partial charge in [0.25, 0.3) is 0 Å². The van der Waals surface area contributed by atoms with Gasteiger partial charge in [-0.2, -0.15) is 0 Å². The first-order valence-electron chi connectivity index (χ1n) is 8.25. The second kappa shape index (κ2) is 5.65. The zero-order valence-corrected chi connectivity index (χ0v) is 13.2. The van der Waals surface area contributed by atoms with Crippen molar-refractivity contribution < 1.29 is 9.84 Å². The van der Waals surface area contributed by atoms with Gasteiger partial charge in [-0.1, -0.05) is 36.4 Å². The maximum atomic E-state index is 9.85. The number of hydrogen-bond donors (Lipinski definition) is 2. The minimum absolute atomic E-state index is 0.177. The molecule has 3 nitrogen and oxygen atoms in total. The number of para-hydroxylation sites is 1. The van der Waals surface area contributed by atoms with E-state index in [0.717, 1.165) is 23.4 Å². The van der Waals surface area contributed by atoms with Crippen LogP contribution in [0.25, 0.3) is 0 Å². The fraction of sp³-hybridized carbons (Fsp3) is 0.300. The zero-order chi connectivity index (χ0) is 15.8. The molecule has 118 valence electrons. The van der Waals surface area contributed by atoms with Crippen molar-refractivity contribution in [3.8, 4) is 11.5 Å². The van der Waals surface area contributed by atoms with Crippen LogP contribution in [0.15, 0.2) is 54.6 Å². The largest absolute Gasteiger partial charge is 0.508 e. The molecule has 2 aromatic rings. The Morgan fingerprint density at radius 2 is 2.09 bits per heavy atom. The summed E-state index contributed by atoms with van der Waals surface area (Å²) in [6.45, 7) is 2.66. The molecule has 3 heteroatoms. The smallest absolute Gasteiger partial charge is 0.142 e. The highest BCUT2D eigenvalue weighted by molar-refractivity contribution is 5.67. The maximum Gasteiger partial charge on any atom is 0.142 e. The minimum atomic E-state index is 0.177. The molecule has 2 aliphatic rings. The zero-order valence-electron chi connectivity index (χ0n) is 13.2. The van der Waals surface area contributed by atoms with Crippen molar-refractivity contribution in [1.29, 1.82) is 0 Å². The average molecular weight is 307 g/mol. The third-order valence-corrected chi connectivity index (χ3v) is 4.89. The monoisotopic (exact) mass is 307 g/mol. The highest BCUT2D eigenvalue weighted by atomic mass is 16.5. The van der Waals surface area contributed by atoms with Gasteiger partial charge in [-0.05, 0) is 48.6 Å². The summed E-state index contributed by atoms with van der Waals surface area (Å²) < 4.78 is 5.82. The molecule has 2 aromatic carbocycles. The topological polar surface area (TPSA) is 41.5 Å². The quantitative estimate of drug-likeness (QED) is 0.813. The van der Waals surface area contributed by atoms with Crippen LogP contribution in [0.3, 0.4) is 0 Å². The van der Waals surface area contributed by atoms with Crippen LogP contribution in [0.4, 0.5) is 5.69 Å². The highest BCUT2D eigenvalue weighted by Crippen LogP contribution is 2.52. The molecule has 0 aromatic heterocycles. The van der Waals surface area contributed by atoms with Crippen molar-refractivity contribution in [2.45, 2.75) is 25.3 Å². The van der Waals surface area contributed by atoms with Crippen LogP contribution in [0.5, 0.6) is 11.5 Å². The molecule has 0 amide bonds. The predicted octanol–water partition coefficient (Wildman–Crippen LogP) is 4.62. The van der Waals surface area contributed by atoms with Gasteiger partial charge in [-0.25, -0.2) is 0 Å². The van der Waals surface area contributed by atoms with Crippen molar-refractivity contribution in [2.24, 2.45) is 5.92 Å². The first-order chi connectivity index (χ1) is 11.3. The van der Waals surface area contributed by atoms with E-state index >= 15 is 0 Å². The standard InChI is InChI=1S/C20H21NO2/c1-2-23-18-11-5-10-17-15-8-4-9-16(15)19(21-20(17)18)13-6-3-7-14(22)12-13/h3-8,10-12,15-16,19,21-22H,2,9H2,1H3/t15-,16+,19+/m1/s1. The van der Waals surface area contributed by atoms with Crippen LogP contribution in [0, 0.1) is 5.92 Å². The fourth-order valence-electron chi connectivity index (χ4n) is 3.92. The number of phenolic OH excluding ortho intramolecular Hbond substituents is 1. The van der Waals surface area contributed by atoms with Gasteiger partial charge in [0.05, 0.1) is 18.3 Å². The number of nitrogens with one attached hydrogen (secondary N) is 1. The average Bonchev–Trinajstić information content (AvgIpc) is 3.04. The van der Waals surface area contributed by atoms with Crippen molar-refractivity contribution in [3.63, 3.8) is 0 Å². The molecule has 0 bridgehead atoms. The SMILES string of the molecule is CCOc1cccc2c1N[C@@H](c1cccc(O)c1)[C@H]1CC=C[C@@H]21. The molecular weight excluding hydrogens is 286 g/mol. The number of rotatable bonds is 3. The fourth-order valence-corrected chi connectivity index (χ4v) is 3.92. The van der Waals surface area contributed by atoms with E-state index in [1.165, 1.54) is 5.56 Å². The van der Waals surface area contributed by atoms with E-state index in [4.69, 9.17) is 4.74 Å². The molecule has 23 heavy (non-hydrogen) atoms. The van der Waals surface area contributed by atoms with Gasteiger partial charge >= 0.3 is 0 Å². The summed E-state index contributed by atoms with van der Waals surface area (Å²) in [6.07, 6.45) is 5.64. The van der Waals surface area contributed by atoms with E-state index in [-0.39, 0.29) is 6.04 Å². The van der Waals surface area contributed by atoms with Gasteiger partial charge < -0.3 is 15.2 Å². The Morgan fingerprint density at radius 1 is 1.22 bits per heavy atom. The second-order valence-electron chi connectivity index (χ2n) is 6.22. The van der Waals surface area contributed by atoms with E-state index in [1.54, 1.807) is 6.07 Å². The Morgan fingerprint density at radius 3 is 2.91 bits per heavy atom. The molecule has 0 fully saturated rings. The van der Waals surface area contributed by atoms with Crippen LogP contribution in [0.1, 0.15) is 36.4 Å². The molecule has 1 heterocycles. The van der Waals surface area contributed by atoms with Gasteiger partial charge in [0.1, 0.15) is 11.5 Å². The number of ether oxygens (including phenoxy) is 1. The van der Waals surface area contributed by atoms with Gasteiger partial charge in [-0.15, -0.1) is 0 Å². The molecule has 0 saturated heterocycles. The Balaban J connectivity index is 1.80. The molecule has 4 rings (SSSR count). The lowest BCUT2D eigenvalue weighted by Gasteiger charge is -2.38. The number of benzene rings is 2. The number of hydrogen-bond acceptors (Lipinski definition) is 3. The summed E-state index contributed by atoms with van der Waals surface area (Å²) in [6, 6.07) is 14.0. The molecule has 0 radical (unpaired) electrons. The van der Waals surface area contributed by atoms with Crippen LogP contribution in [-0.4, -0.2) is 11.7 Å². The van der Waals surface area contributed by atoms with Crippen LogP contribution < -0.4 is 10.1 Å². The summed E-state index contributed by atoms with van der Waals surface area (Å²) in [5, 5.41) is 13.5. The lowest BCUT2D eigenvalue weighted by atomic mass is 9.77. The van der Waals surface area contributed by atoms with Gasteiger partial charge in [0.2, 0.25) is 0 Å². The van der Waals surface area contributed by atoms with Gasteiger partial charge in [0, 0.05) is 5.92 Å². The van der Waals surface area contributed by atoms with Crippen LogP contribution in [-0.2, 0) is 0 Å². The Hall–Kier alpha value is -2.42. The van der Waals surface area contributed by atoms with E-state index in [0.29, 0.717) is 24.2 Å². The van der Waals surface area contributed by atoms with Crippen molar-refractivity contribution in [3.05, 3.63) is 65.7 Å². The summed E-state index contributed by atoms with van der Waals surface area (Å²) in [7, 11) is 0. The van der Waals surface area contributed by atoms with Gasteiger partial charge in [-0.3, -0.25) is 0 Å². The van der Waals surface area contributed by atoms with Crippen molar-refractivity contribution in [1.82, 2.24) is 0 Å². The number of anilines is 1. The number of fused-ring (bicyclic) bond motifs is 3. The second-order valence-corrected chi connectivity index (χ2v) is 6.22. The van der Waals surface area contributed by atoms with E-state index in [2.05, 4.69) is 35.7 Å². The highest BCUT2D eigenvalue weighted by Gasteiger charge is 2.38. The summed E-state index contributed by atoms with van der Waals surface area (Å²) in [4.78, 5) is 0. The van der Waals surface area contributed by atoms with E-state index in [1.807, 2.05) is 25.1 Å². The lowest BCUT2D eigenvalue weighted by molar-refractivity contribution is 0.337. The van der Waals surface area contributed by atoms with Crippen molar-refractivity contribution >= 4 is 5.69 Å². The summed E-state index contributed by atoms with van der Waals surface area (Å²) >= 11 is 0. The van der Waals surface area contributed by atoms with Crippen LogP contribution >= 0.6 is 0 Å². The number of phenols is 1. The molecule has 0 unspecified atom stereocenters. The molecule has 2 N–H and O–H groups in total. The molecule has 1 aliphatic carbocycles. The first kappa shape index (κ1) is 14.2. The van der Waals surface area contributed by atoms with Gasteiger partial charge in [0.15, 0.2) is 0 Å². The minimum Gasteiger partial charge on any atom is -0.508 e. The lowest BCUT2D eigenvalue weighted by Crippen LogP contribution is -2.29. The number of aromatic hydroxyl groups is 1. The molecule has 0 spiro atoms. The third-order valence-electron chi connectivity index (χ3n) is 4.89. The predicted molar refractivity (Wildman–Crippen MR) is 92.1 cm³/mol.